The highest BCUT2D eigenvalue weighted by molar-refractivity contribution is 8.17. The highest BCUT2D eigenvalue weighted by Crippen LogP contribution is 2.49. The van der Waals surface area contributed by atoms with Gasteiger partial charge in [0.2, 0.25) is 0 Å². The Hall–Kier alpha value is -2.53. The Morgan fingerprint density at radius 2 is 1.29 bits per heavy atom. The molecule has 58 heavy (non-hydrogen) atoms. The molecule has 0 radical (unpaired) electrons. The van der Waals surface area contributed by atoms with Crippen molar-refractivity contribution in [3.05, 3.63) is 46.0 Å². The SMILES string of the molecule is CC(=O)OC[C@@H]1SC(S[C@H]2O[C@H](CO[Si](C)(C)C(C)(C)C)[C@@H](OCc3ccccc3)[C@H](O[Si](C)(C)C(C)(C)C)[C@H]2[N+](=O)[O-])[C@@H](OC(C)=O)[C@H](OC(C)=O)[C@@H]1OC(C)=O. The molecule has 2 saturated heterocycles. The van der Waals surface area contributed by atoms with Gasteiger partial charge >= 0.3 is 23.9 Å². The maximum atomic E-state index is 13.5. The van der Waals surface area contributed by atoms with Crippen molar-refractivity contribution < 1.29 is 61.4 Å². The van der Waals surface area contributed by atoms with E-state index in [2.05, 4.69) is 33.9 Å². The van der Waals surface area contributed by atoms with Crippen LogP contribution in [-0.2, 0) is 63.1 Å². The highest BCUT2D eigenvalue weighted by atomic mass is 32.2. The molecule has 1 aromatic carbocycles. The van der Waals surface area contributed by atoms with E-state index >= 15 is 0 Å². The summed E-state index contributed by atoms with van der Waals surface area (Å²) in [5, 5.41) is 12.1. The van der Waals surface area contributed by atoms with Gasteiger partial charge in [-0.3, -0.25) is 29.3 Å². The molecule has 2 heterocycles. The number of hydrogen-bond acceptors (Lipinski definition) is 16. The molecule has 2 aliphatic heterocycles. The van der Waals surface area contributed by atoms with Gasteiger partial charge in [0.05, 0.1) is 23.0 Å². The van der Waals surface area contributed by atoms with Crippen molar-refractivity contribution >= 4 is 64.0 Å². The zero-order valence-electron chi connectivity index (χ0n) is 36.3. The molecule has 328 valence electrons. The zero-order chi connectivity index (χ0) is 44.0. The minimum absolute atomic E-state index is 0.0413. The Labute approximate surface area is 353 Å². The summed E-state index contributed by atoms with van der Waals surface area (Å²) in [6.07, 6.45) is -6.83. The van der Waals surface area contributed by atoms with Crippen molar-refractivity contribution in [1.29, 1.82) is 0 Å². The lowest BCUT2D eigenvalue weighted by Crippen LogP contribution is -2.66. The molecule has 19 heteroatoms. The molecular formula is C39H63NO14S2Si2. The Balaban J connectivity index is 2.24. The number of nitrogens with zero attached hydrogens (tertiary/aromatic N) is 1. The lowest BCUT2D eigenvalue weighted by atomic mass is 9.98. The van der Waals surface area contributed by atoms with Crippen molar-refractivity contribution in [2.24, 2.45) is 0 Å². The van der Waals surface area contributed by atoms with E-state index in [9.17, 15) is 29.3 Å². The van der Waals surface area contributed by atoms with Crippen LogP contribution >= 0.6 is 23.5 Å². The van der Waals surface area contributed by atoms with Crippen LogP contribution in [0.25, 0.3) is 0 Å². The summed E-state index contributed by atoms with van der Waals surface area (Å²) in [5.41, 5.74) is -0.408. The molecule has 15 nitrogen and oxygen atoms in total. The second kappa shape index (κ2) is 20.4. The average molecular weight is 890 g/mol. The molecule has 0 saturated carbocycles. The van der Waals surface area contributed by atoms with E-state index in [-0.39, 0.29) is 29.9 Å². The summed E-state index contributed by atoms with van der Waals surface area (Å²) in [6.45, 7) is 25.3. The maximum Gasteiger partial charge on any atom is 0.303 e. The number of thioether (sulfide) groups is 2. The first-order chi connectivity index (χ1) is 26.6. The molecule has 1 unspecified atom stereocenters. The van der Waals surface area contributed by atoms with Crippen LogP contribution in [0.4, 0.5) is 0 Å². The second-order valence-corrected chi connectivity index (χ2v) is 30.2. The van der Waals surface area contributed by atoms with Crippen LogP contribution in [0.5, 0.6) is 0 Å². The van der Waals surface area contributed by atoms with Crippen LogP contribution < -0.4 is 0 Å². The Kier molecular flexibility index (Phi) is 17.5. The monoisotopic (exact) mass is 889 g/mol. The van der Waals surface area contributed by atoms with Crippen LogP contribution in [0.2, 0.25) is 36.3 Å². The fraction of sp³-hybridized carbons (Fsp3) is 0.744. The van der Waals surface area contributed by atoms with Gasteiger partial charge in [-0.2, -0.15) is 0 Å². The van der Waals surface area contributed by atoms with Gasteiger partial charge in [-0.1, -0.05) is 71.9 Å². The maximum absolute atomic E-state index is 13.5. The lowest BCUT2D eigenvalue weighted by Gasteiger charge is -2.49. The fourth-order valence-electron chi connectivity index (χ4n) is 5.92. The predicted molar refractivity (Wildman–Crippen MR) is 226 cm³/mol. The number of carbonyl (C=O) groups excluding carboxylic acids is 4. The Morgan fingerprint density at radius 1 is 0.759 bits per heavy atom. The molecule has 0 bridgehead atoms. The molecular weight excluding hydrogens is 827 g/mol. The van der Waals surface area contributed by atoms with Crippen molar-refractivity contribution in [3.8, 4) is 0 Å². The van der Waals surface area contributed by atoms with Crippen molar-refractivity contribution in [3.63, 3.8) is 0 Å². The summed E-state index contributed by atoms with van der Waals surface area (Å²) >= 11 is 2.11. The summed E-state index contributed by atoms with van der Waals surface area (Å²) in [4.78, 5) is 62.7. The third-order valence-electron chi connectivity index (χ3n) is 11.0. The van der Waals surface area contributed by atoms with Crippen LogP contribution in [0.3, 0.4) is 0 Å². The van der Waals surface area contributed by atoms with Crippen molar-refractivity contribution in [1.82, 2.24) is 0 Å². The molecule has 0 aliphatic carbocycles. The quantitative estimate of drug-likeness (QED) is 0.0549. The first-order valence-corrected chi connectivity index (χ1v) is 27.1. The van der Waals surface area contributed by atoms with E-state index in [4.69, 9.17) is 37.3 Å². The number of hydrogen-bond donors (Lipinski definition) is 0. The van der Waals surface area contributed by atoms with Gasteiger partial charge in [0, 0.05) is 32.6 Å². The van der Waals surface area contributed by atoms with Crippen LogP contribution in [0.1, 0.15) is 74.8 Å². The summed E-state index contributed by atoms with van der Waals surface area (Å²) < 4.78 is 48.8. The lowest BCUT2D eigenvalue weighted by molar-refractivity contribution is -0.551. The van der Waals surface area contributed by atoms with Gasteiger partial charge in [0.1, 0.15) is 24.9 Å². The predicted octanol–water partition coefficient (Wildman–Crippen LogP) is 6.89. The minimum atomic E-state index is -2.76. The van der Waals surface area contributed by atoms with Gasteiger partial charge in [-0.15, -0.1) is 23.5 Å². The van der Waals surface area contributed by atoms with E-state index in [0.29, 0.717) is 0 Å². The minimum Gasteiger partial charge on any atom is -0.465 e. The van der Waals surface area contributed by atoms with Crippen molar-refractivity contribution in [2.45, 2.75) is 170 Å². The zero-order valence-corrected chi connectivity index (χ0v) is 39.9. The first-order valence-electron chi connectivity index (χ1n) is 19.4. The number of benzene rings is 1. The summed E-state index contributed by atoms with van der Waals surface area (Å²) in [7, 11) is -5.18. The molecule has 2 fully saturated rings. The normalized spacial score (nSPS) is 28.2. The molecule has 0 aromatic heterocycles. The van der Waals surface area contributed by atoms with Crippen LogP contribution in [-0.4, -0.2) is 117 Å². The van der Waals surface area contributed by atoms with Gasteiger partial charge in [-0.25, -0.2) is 0 Å². The molecule has 0 spiro atoms. The largest absolute Gasteiger partial charge is 0.465 e. The number of carbonyl (C=O) groups is 4. The van der Waals surface area contributed by atoms with Gasteiger partial charge in [-0.05, 0) is 41.8 Å². The Bertz CT molecular complexity index is 1590. The highest BCUT2D eigenvalue weighted by Gasteiger charge is 2.60. The van der Waals surface area contributed by atoms with Crippen molar-refractivity contribution in [2.75, 3.05) is 13.2 Å². The van der Waals surface area contributed by atoms with Gasteiger partial charge in [0.15, 0.2) is 40.4 Å². The van der Waals surface area contributed by atoms with Gasteiger partial charge in [0.25, 0.3) is 6.04 Å². The topological polar surface area (TPSA) is 185 Å². The second-order valence-electron chi connectivity index (χ2n) is 17.7. The van der Waals surface area contributed by atoms with Crippen LogP contribution in [0, 0.1) is 10.1 Å². The number of nitro groups is 1. The van der Waals surface area contributed by atoms with E-state index in [0.717, 1.165) is 36.0 Å². The molecule has 0 N–H and O–H groups in total. The molecule has 10 atom stereocenters. The summed E-state index contributed by atoms with van der Waals surface area (Å²) in [5.74, 6) is -2.83. The summed E-state index contributed by atoms with van der Waals surface area (Å²) in [6, 6.07) is 7.95. The van der Waals surface area contributed by atoms with Gasteiger partial charge < -0.3 is 37.3 Å². The molecule has 1 aromatic rings. The van der Waals surface area contributed by atoms with E-state index in [1.807, 2.05) is 64.2 Å². The van der Waals surface area contributed by atoms with E-state index in [1.165, 1.54) is 20.8 Å². The standard InChI is InChI=1S/C39H63NO14S2Si2/c1-23(41)47-22-29-32(50-24(2)42)34(51-25(3)43)35(52-26(4)44)37(55-29)56-36-30(40(45)46)33(54-58(13,14)39(8,9)10)31(48-20-27-18-16-15-17-19-27)28(53-36)21-49-57(11,12)38(5,6)7/h15-19,28-37H,20-22H2,1-14H3/t28-,29+,30-,31-,32-,33-,34-,35+,36-,37?/m1/s1. The average Bonchev–Trinajstić information content (AvgIpc) is 3.07. The number of ether oxygens (including phenoxy) is 6. The smallest absolute Gasteiger partial charge is 0.303 e. The molecule has 2 aliphatic rings. The number of esters is 4. The van der Waals surface area contributed by atoms with Crippen LogP contribution in [0.15, 0.2) is 30.3 Å². The Morgan fingerprint density at radius 3 is 1.79 bits per heavy atom. The third-order valence-corrected chi connectivity index (χ3v) is 23.1. The number of rotatable bonds is 16. The van der Waals surface area contributed by atoms with E-state index < -0.39 is 103 Å². The third kappa shape index (κ3) is 13.5. The molecule has 0 amide bonds. The van der Waals surface area contributed by atoms with E-state index in [1.54, 1.807) is 0 Å². The first kappa shape index (κ1) is 49.8. The molecule has 3 rings (SSSR count). The fourth-order valence-corrected chi connectivity index (χ4v) is 11.7.